The molecule has 2 N–H and O–H groups in total. The number of ether oxygens (including phenoxy) is 1. The summed E-state index contributed by atoms with van der Waals surface area (Å²) < 4.78 is 5.30. The van der Waals surface area contributed by atoms with Gasteiger partial charge in [0.05, 0.1) is 12.8 Å². The van der Waals surface area contributed by atoms with E-state index < -0.39 is 0 Å². The summed E-state index contributed by atoms with van der Waals surface area (Å²) >= 11 is 0. The summed E-state index contributed by atoms with van der Waals surface area (Å²) in [5.74, 6) is 0.501. The van der Waals surface area contributed by atoms with Gasteiger partial charge in [0.25, 0.3) is 0 Å². The molecule has 1 aliphatic rings. The Morgan fingerprint density at radius 3 is 2.20 bits per heavy atom. The van der Waals surface area contributed by atoms with Crippen LogP contribution in [-0.2, 0) is 17.6 Å². The predicted molar refractivity (Wildman–Crippen MR) is 120 cm³/mol. The first kappa shape index (κ1) is 21.7. The maximum Gasteiger partial charge on any atom is 0.321 e. The molecule has 0 bridgehead atoms. The molecule has 6 heteroatoms. The standard InChI is InChI=1S/C24H31N3O3/c1-4-17-9-8-10-18(5-2)22(17)26-24(29)27-15-13-19(14-16-27)23(28)25-20-11-6-7-12-21(20)30-3/h6-12,19H,4-5,13-16H2,1-3H3,(H,25,28)(H,26,29). The molecule has 3 rings (SSSR count). The quantitative estimate of drug-likeness (QED) is 0.726. The molecule has 2 aromatic carbocycles. The molecule has 0 atom stereocenters. The van der Waals surface area contributed by atoms with Crippen molar-refractivity contribution in [2.75, 3.05) is 30.8 Å². The second-order valence-corrected chi connectivity index (χ2v) is 7.54. The van der Waals surface area contributed by atoms with Gasteiger partial charge in [0.15, 0.2) is 0 Å². The number of carbonyl (C=O) groups excluding carboxylic acids is 2. The van der Waals surface area contributed by atoms with Gasteiger partial charge in [-0.1, -0.05) is 44.2 Å². The number of amides is 3. The van der Waals surface area contributed by atoms with E-state index in [1.54, 1.807) is 12.0 Å². The second kappa shape index (κ2) is 10.1. The predicted octanol–water partition coefficient (Wildman–Crippen LogP) is 4.70. The number of anilines is 2. The van der Waals surface area contributed by atoms with Gasteiger partial charge in [-0.2, -0.15) is 0 Å². The minimum absolute atomic E-state index is 0.0239. The highest BCUT2D eigenvalue weighted by molar-refractivity contribution is 5.94. The van der Waals surface area contributed by atoms with Gasteiger partial charge in [-0.3, -0.25) is 4.79 Å². The molecule has 2 aromatic rings. The highest BCUT2D eigenvalue weighted by Crippen LogP contribution is 2.27. The lowest BCUT2D eigenvalue weighted by atomic mass is 9.96. The first-order valence-corrected chi connectivity index (χ1v) is 10.7. The minimum Gasteiger partial charge on any atom is -0.495 e. The summed E-state index contributed by atoms with van der Waals surface area (Å²) in [6.07, 6.45) is 3.03. The minimum atomic E-state index is -0.118. The third-order valence-electron chi connectivity index (χ3n) is 5.75. The lowest BCUT2D eigenvalue weighted by Crippen LogP contribution is -2.43. The van der Waals surface area contributed by atoms with Gasteiger partial charge in [-0.25, -0.2) is 4.79 Å². The number of rotatable bonds is 6. The number of urea groups is 1. The van der Waals surface area contributed by atoms with Crippen LogP contribution in [0.3, 0.4) is 0 Å². The molecular formula is C24H31N3O3. The average molecular weight is 410 g/mol. The third-order valence-corrected chi connectivity index (χ3v) is 5.75. The Bertz CT molecular complexity index is 867. The second-order valence-electron chi connectivity index (χ2n) is 7.54. The Balaban J connectivity index is 1.58. The zero-order valence-electron chi connectivity index (χ0n) is 18.0. The molecule has 0 aromatic heterocycles. The molecule has 1 aliphatic heterocycles. The number of hydrogen-bond acceptors (Lipinski definition) is 3. The smallest absolute Gasteiger partial charge is 0.321 e. The highest BCUT2D eigenvalue weighted by Gasteiger charge is 2.28. The van der Waals surface area contributed by atoms with Crippen molar-refractivity contribution in [1.82, 2.24) is 4.90 Å². The molecule has 0 unspecified atom stereocenters. The Labute approximate surface area is 178 Å². The number of nitrogens with one attached hydrogen (secondary N) is 2. The molecule has 0 radical (unpaired) electrons. The molecule has 6 nitrogen and oxygen atoms in total. The van der Waals surface area contributed by atoms with Crippen LogP contribution in [-0.4, -0.2) is 37.0 Å². The fourth-order valence-electron chi connectivity index (χ4n) is 3.92. The van der Waals surface area contributed by atoms with Crippen LogP contribution in [0.1, 0.15) is 37.8 Å². The number of methoxy groups -OCH3 is 1. The molecule has 0 saturated carbocycles. The first-order chi connectivity index (χ1) is 14.6. The summed E-state index contributed by atoms with van der Waals surface area (Å²) in [7, 11) is 1.59. The monoisotopic (exact) mass is 409 g/mol. The van der Waals surface area contributed by atoms with E-state index in [0.717, 1.165) is 29.7 Å². The third kappa shape index (κ3) is 4.93. The van der Waals surface area contributed by atoms with Crippen LogP contribution >= 0.6 is 0 Å². The van der Waals surface area contributed by atoms with Crippen LogP contribution in [0.4, 0.5) is 16.2 Å². The number of para-hydroxylation sites is 3. The van der Waals surface area contributed by atoms with Crippen LogP contribution in [0.15, 0.2) is 42.5 Å². The molecule has 3 amide bonds. The van der Waals surface area contributed by atoms with Gasteiger partial charge in [0.2, 0.25) is 5.91 Å². The summed E-state index contributed by atoms with van der Waals surface area (Å²) in [5, 5.41) is 6.08. The normalized spacial score (nSPS) is 14.3. The van der Waals surface area contributed by atoms with E-state index in [2.05, 4.69) is 36.6 Å². The van der Waals surface area contributed by atoms with E-state index in [1.807, 2.05) is 30.3 Å². The summed E-state index contributed by atoms with van der Waals surface area (Å²) in [5.41, 5.74) is 3.90. The van der Waals surface area contributed by atoms with Crippen molar-refractivity contribution in [2.45, 2.75) is 39.5 Å². The molecule has 1 heterocycles. The SMILES string of the molecule is CCc1cccc(CC)c1NC(=O)N1CCC(C(=O)Nc2ccccc2OC)CC1. The lowest BCUT2D eigenvalue weighted by Gasteiger charge is -2.32. The van der Waals surface area contributed by atoms with Gasteiger partial charge in [0.1, 0.15) is 5.75 Å². The topological polar surface area (TPSA) is 70.7 Å². The van der Waals surface area contributed by atoms with Gasteiger partial charge in [-0.15, -0.1) is 0 Å². The number of nitrogens with zero attached hydrogens (tertiary/aromatic N) is 1. The van der Waals surface area contributed by atoms with Crippen molar-refractivity contribution >= 4 is 23.3 Å². The van der Waals surface area contributed by atoms with Gasteiger partial charge >= 0.3 is 6.03 Å². The zero-order chi connectivity index (χ0) is 21.5. The molecule has 160 valence electrons. The average Bonchev–Trinajstić information content (AvgIpc) is 2.79. The van der Waals surface area contributed by atoms with E-state index in [4.69, 9.17) is 4.74 Å². The Hall–Kier alpha value is -3.02. The number of aryl methyl sites for hydroxylation is 2. The van der Waals surface area contributed by atoms with Crippen LogP contribution in [0.5, 0.6) is 5.75 Å². The summed E-state index contributed by atoms with van der Waals surface area (Å²) in [4.78, 5) is 27.3. The summed E-state index contributed by atoms with van der Waals surface area (Å²) in [6.45, 7) is 5.31. The molecule has 30 heavy (non-hydrogen) atoms. The highest BCUT2D eigenvalue weighted by atomic mass is 16.5. The van der Waals surface area contributed by atoms with E-state index in [1.165, 1.54) is 0 Å². The van der Waals surface area contributed by atoms with Crippen molar-refractivity contribution in [3.8, 4) is 5.75 Å². The van der Waals surface area contributed by atoms with Crippen LogP contribution in [0, 0.1) is 5.92 Å². The van der Waals surface area contributed by atoms with Crippen molar-refractivity contribution in [3.05, 3.63) is 53.6 Å². The zero-order valence-corrected chi connectivity index (χ0v) is 18.0. The van der Waals surface area contributed by atoms with Crippen LogP contribution in [0.25, 0.3) is 0 Å². The van der Waals surface area contributed by atoms with Gasteiger partial charge in [0, 0.05) is 24.7 Å². The molecule has 1 fully saturated rings. The number of benzene rings is 2. The van der Waals surface area contributed by atoms with E-state index in [-0.39, 0.29) is 17.9 Å². The largest absolute Gasteiger partial charge is 0.495 e. The number of carbonyl (C=O) groups is 2. The number of hydrogen-bond donors (Lipinski definition) is 2. The van der Waals surface area contributed by atoms with Crippen molar-refractivity contribution in [1.29, 1.82) is 0 Å². The van der Waals surface area contributed by atoms with Gasteiger partial charge in [-0.05, 0) is 48.9 Å². The van der Waals surface area contributed by atoms with Crippen molar-refractivity contribution < 1.29 is 14.3 Å². The molecule has 0 spiro atoms. The molecule has 0 aliphatic carbocycles. The van der Waals surface area contributed by atoms with E-state index in [9.17, 15) is 9.59 Å². The van der Waals surface area contributed by atoms with Crippen LogP contribution in [0.2, 0.25) is 0 Å². The van der Waals surface area contributed by atoms with Crippen LogP contribution < -0.4 is 15.4 Å². The Morgan fingerprint density at radius 1 is 0.967 bits per heavy atom. The summed E-state index contributed by atoms with van der Waals surface area (Å²) in [6, 6.07) is 13.5. The molecular weight excluding hydrogens is 378 g/mol. The van der Waals surface area contributed by atoms with E-state index in [0.29, 0.717) is 37.4 Å². The first-order valence-electron chi connectivity index (χ1n) is 10.7. The number of likely N-dealkylation sites (tertiary alicyclic amines) is 1. The fraction of sp³-hybridized carbons (Fsp3) is 0.417. The number of piperidine rings is 1. The maximum absolute atomic E-state index is 12.9. The Morgan fingerprint density at radius 2 is 1.60 bits per heavy atom. The van der Waals surface area contributed by atoms with E-state index >= 15 is 0 Å². The van der Waals surface area contributed by atoms with Crippen molar-refractivity contribution in [3.63, 3.8) is 0 Å². The molecule has 1 saturated heterocycles. The van der Waals surface area contributed by atoms with Gasteiger partial charge < -0.3 is 20.3 Å². The lowest BCUT2D eigenvalue weighted by molar-refractivity contribution is -0.121. The Kier molecular flexibility index (Phi) is 7.33. The maximum atomic E-state index is 12.9. The van der Waals surface area contributed by atoms with Crippen molar-refractivity contribution in [2.24, 2.45) is 5.92 Å². The fourth-order valence-corrected chi connectivity index (χ4v) is 3.92.